The van der Waals surface area contributed by atoms with Gasteiger partial charge in [-0.25, -0.2) is 0 Å². The van der Waals surface area contributed by atoms with E-state index in [1.165, 1.54) is 5.56 Å². The number of hydrogen-bond donors (Lipinski definition) is 0. The molecule has 0 radical (unpaired) electrons. The first-order valence-electron chi connectivity index (χ1n) is 5.94. The molecule has 0 amide bonds. The molecular formula is C15H16BrNO. The molecule has 2 aromatic rings. The van der Waals surface area contributed by atoms with Gasteiger partial charge in [-0.1, -0.05) is 28.1 Å². The van der Waals surface area contributed by atoms with Crippen LogP contribution in [0.1, 0.15) is 29.9 Å². The van der Waals surface area contributed by atoms with Gasteiger partial charge in [-0.2, -0.15) is 0 Å². The molecule has 0 saturated heterocycles. The number of nitrogens with zero attached hydrogens (tertiary/aromatic N) is 1. The summed E-state index contributed by atoms with van der Waals surface area (Å²) in [7, 11) is 0. The monoisotopic (exact) mass is 305 g/mol. The molecule has 0 aliphatic heterocycles. The summed E-state index contributed by atoms with van der Waals surface area (Å²) in [5.74, 6) is 0. The van der Waals surface area contributed by atoms with Crippen molar-refractivity contribution < 1.29 is 0 Å². The Morgan fingerprint density at radius 2 is 1.56 bits per heavy atom. The fraction of sp³-hybridized carbons (Fsp3) is 0.267. The van der Waals surface area contributed by atoms with E-state index >= 15 is 0 Å². The van der Waals surface area contributed by atoms with E-state index in [0.29, 0.717) is 0 Å². The standard InChI is InChI=1S/C15H16BrNO/c1-10-8-15(18)9-11(2)17(10)12(3)13-4-6-14(16)7-5-13/h4-9,12H,1-3H3. The van der Waals surface area contributed by atoms with Crippen molar-refractivity contribution in [3.8, 4) is 0 Å². The minimum absolute atomic E-state index is 0.0734. The Bertz CT molecular complexity index is 587. The molecule has 0 saturated carbocycles. The van der Waals surface area contributed by atoms with Crippen LogP contribution in [0.4, 0.5) is 0 Å². The molecule has 1 heterocycles. The zero-order valence-corrected chi connectivity index (χ0v) is 12.4. The Balaban J connectivity index is 2.49. The largest absolute Gasteiger partial charge is 0.342 e. The maximum Gasteiger partial charge on any atom is 0.182 e. The van der Waals surface area contributed by atoms with E-state index in [-0.39, 0.29) is 11.5 Å². The number of benzene rings is 1. The van der Waals surface area contributed by atoms with Crippen LogP contribution in [0.15, 0.2) is 45.7 Å². The van der Waals surface area contributed by atoms with Crippen molar-refractivity contribution in [3.63, 3.8) is 0 Å². The SMILES string of the molecule is Cc1cc(=O)cc(C)n1C(C)c1ccc(Br)cc1. The minimum atomic E-state index is 0.0734. The highest BCUT2D eigenvalue weighted by molar-refractivity contribution is 9.10. The molecule has 1 unspecified atom stereocenters. The predicted molar refractivity (Wildman–Crippen MR) is 78.1 cm³/mol. The Labute approximate surface area is 115 Å². The molecule has 1 atom stereocenters. The highest BCUT2D eigenvalue weighted by atomic mass is 79.9. The van der Waals surface area contributed by atoms with Crippen molar-refractivity contribution in [1.82, 2.24) is 4.57 Å². The van der Waals surface area contributed by atoms with Crippen LogP contribution in [0.3, 0.4) is 0 Å². The van der Waals surface area contributed by atoms with E-state index in [1.807, 2.05) is 26.0 Å². The van der Waals surface area contributed by atoms with Gasteiger partial charge in [0.15, 0.2) is 5.43 Å². The Morgan fingerprint density at radius 1 is 1.06 bits per heavy atom. The summed E-state index contributed by atoms with van der Waals surface area (Å²) in [6.45, 7) is 6.10. The van der Waals surface area contributed by atoms with Gasteiger partial charge >= 0.3 is 0 Å². The quantitative estimate of drug-likeness (QED) is 0.826. The van der Waals surface area contributed by atoms with E-state index in [1.54, 1.807) is 12.1 Å². The minimum Gasteiger partial charge on any atom is -0.342 e. The first-order valence-corrected chi connectivity index (χ1v) is 6.73. The molecule has 0 aliphatic rings. The summed E-state index contributed by atoms with van der Waals surface area (Å²) in [6, 6.07) is 11.9. The van der Waals surface area contributed by atoms with Crippen molar-refractivity contribution in [1.29, 1.82) is 0 Å². The van der Waals surface area contributed by atoms with Gasteiger partial charge in [-0.05, 0) is 38.5 Å². The lowest BCUT2D eigenvalue weighted by molar-refractivity contribution is 0.598. The maximum atomic E-state index is 11.4. The summed E-state index contributed by atoms with van der Waals surface area (Å²) in [6.07, 6.45) is 0. The van der Waals surface area contributed by atoms with Gasteiger partial charge in [-0.3, -0.25) is 4.79 Å². The van der Waals surface area contributed by atoms with E-state index < -0.39 is 0 Å². The van der Waals surface area contributed by atoms with Crippen LogP contribution in [0.2, 0.25) is 0 Å². The zero-order valence-electron chi connectivity index (χ0n) is 10.8. The first kappa shape index (κ1) is 13.1. The van der Waals surface area contributed by atoms with Crippen LogP contribution in [0.25, 0.3) is 0 Å². The topological polar surface area (TPSA) is 22.0 Å². The third kappa shape index (κ3) is 2.56. The fourth-order valence-electron chi connectivity index (χ4n) is 2.37. The molecule has 18 heavy (non-hydrogen) atoms. The summed E-state index contributed by atoms with van der Waals surface area (Å²) < 4.78 is 3.26. The average molecular weight is 306 g/mol. The number of rotatable bonds is 2. The molecular weight excluding hydrogens is 290 g/mol. The second-order valence-corrected chi connectivity index (χ2v) is 5.49. The molecule has 1 aromatic heterocycles. The number of aryl methyl sites for hydroxylation is 2. The van der Waals surface area contributed by atoms with Gasteiger partial charge < -0.3 is 4.57 Å². The third-order valence-corrected chi connectivity index (χ3v) is 3.73. The van der Waals surface area contributed by atoms with E-state index in [4.69, 9.17) is 0 Å². The van der Waals surface area contributed by atoms with Crippen molar-refractivity contribution in [3.05, 3.63) is 68.0 Å². The zero-order chi connectivity index (χ0) is 13.3. The predicted octanol–water partition coefficient (Wildman–Crippen LogP) is 3.84. The first-order chi connectivity index (χ1) is 8.49. The lowest BCUT2D eigenvalue weighted by Crippen LogP contribution is -2.17. The molecule has 0 fully saturated rings. The molecule has 94 valence electrons. The Morgan fingerprint density at radius 3 is 2.06 bits per heavy atom. The highest BCUT2D eigenvalue weighted by Gasteiger charge is 2.11. The van der Waals surface area contributed by atoms with Gasteiger partial charge in [0.05, 0.1) is 6.04 Å². The fourth-order valence-corrected chi connectivity index (χ4v) is 2.64. The van der Waals surface area contributed by atoms with Gasteiger partial charge in [0.25, 0.3) is 0 Å². The molecule has 0 bridgehead atoms. The summed E-state index contributed by atoms with van der Waals surface area (Å²) in [4.78, 5) is 11.4. The molecule has 3 heteroatoms. The van der Waals surface area contributed by atoms with E-state index in [0.717, 1.165) is 15.9 Å². The highest BCUT2D eigenvalue weighted by Crippen LogP contribution is 2.22. The van der Waals surface area contributed by atoms with E-state index in [9.17, 15) is 4.79 Å². The van der Waals surface area contributed by atoms with Gasteiger partial charge in [0.1, 0.15) is 0 Å². The lowest BCUT2D eigenvalue weighted by atomic mass is 10.1. The lowest BCUT2D eigenvalue weighted by Gasteiger charge is -2.22. The molecule has 2 rings (SSSR count). The average Bonchev–Trinajstić information content (AvgIpc) is 2.28. The van der Waals surface area contributed by atoms with Crippen molar-refractivity contribution in [2.24, 2.45) is 0 Å². The van der Waals surface area contributed by atoms with Crippen molar-refractivity contribution in [2.45, 2.75) is 26.8 Å². The second-order valence-electron chi connectivity index (χ2n) is 4.57. The van der Waals surface area contributed by atoms with Crippen LogP contribution in [0, 0.1) is 13.8 Å². The van der Waals surface area contributed by atoms with Gasteiger partial charge in [0.2, 0.25) is 0 Å². The van der Waals surface area contributed by atoms with Crippen LogP contribution < -0.4 is 5.43 Å². The Kier molecular flexibility index (Phi) is 3.71. The normalized spacial score (nSPS) is 12.4. The van der Waals surface area contributed by atoms with Gasteiger partial charge in [0, 0.05) is 28.0 Å². The van der Waals surface area contributed by atoms with Crippen molar-refractivity contribution in [2.75, 3.05) is 0 Å². The molecule has 1 aromatic carbocycles. The number of hydrogen-bond acceptors (Lipinski definition) is 1. The number of halogens is 1. The van der Waals surface area contributed by atoms with Crippen LogP contribution >= 0.6 is 15.9 Å². The van der Waals surface area contributed by atoms with E-state index in [2.05, 4.69) is 39.6 Å². The molecule has 0 N–H and O–H groups in total. The van der Waals surface area contributed by atoms with Gasteiger partial charge in [-0.15, -0.1) is 0 Å². The number of aromatic nitrogens is 1. The summed E-state index contributed by atoms with van der Waals surface area (Å²) in [5, 5.41) is 0. The summed E-state index contributed by atoms with van der Waals surface area (Å²) >= 11 is 3.44. The molecule has 0 aliphatic carbocycles. The smallest absolute Gasteiger partial charge is 0.182 e. The van der Waals surface area contributed by atoms with Crippen LogP contribution in [0.5, 0.6) is 0 Å². The third-order valence-electron chi connectivity index (χ3n) is 3.20. The Hall–Kier alpha value is -1.35. The van der Waals surface area contributed by atoms with Crippen molar-refractivity contribution >= 4 is 15.9 Å². The molecule has 0 spiro atoms. The van der Waals surface area contributed by atoms with Crippen LogP contribution in [-0.4, -0.2) is 4.57 Å². The second kappa shape index (κ2) is 5.11. The molecule has 2 nitrogen and oxygen atoms in total. The summed E-state index contributed by atoms with van der Waals surface area (Å²) in [5.41, 5.74) is 3.29. The maximum absolute atomic E-state index is 11.4. The van der Waals surface area contributed by atoms with Crippen LogP contribution in [-0.2, 0) is 0 Å². The number of pyridine rings is 1.